The summed E-state index contributed by atoms with van der Waals surface area (Å²) in [7, 11) is 1.82. The van der Waals surface area contributed by atoms with Crippen LogP contribution in [0.15, 0.2) is 10.7 Å². The van der Waals surface area contributed by atoms with E-state index in [1.807, 2.05) is 20.9 Å². The van der Waals surface area contributed by atoms with Gasteiger partial charge in [0.05, 0.1) is 12.1 Å². The van der Waals surface area contributed by atoms with Crippen molar-refractivity contribution in [2.45, 2.75) is 19.4 Å². The second-order valence-electron chi connectivity index (χ2n) is 3.95. The molecule has 0 aliphatic heterocycles. The van der Waals surface area contributed by atoms with Crippen LogP contribution in [-0.4, -0.2) is 34.3 Å². The molecule has 0 bridgehead atoms. The third kappa shape index (κ3) is 2.79. The molecule has 1 aromatic rings. The summed E-state index contributed by atoms with van der Waals surface area (Å²) in [6.45, 7) is 3.81. The fourth-order valence-electron chi connectivity index (χ4n) is 0.949. The number of nitrogen functional groups attached to an aromatic ring is 1. The molecule has 1 aromatic heterocycles. The molecule has 0 atom stereocenters. The number of nitrogens with two attached hydrogens (primary N) is 1. The van der Waals surface area contributed by atoms with Gasteiger partial charge < -0.3 is 15.7 Å². The third-order valence-corrected chi connectivity index (χ3v) is 2.70. The van der Waals surface area contributed by atoms with Crippen molar-refractivity contribution in [1.29, 1.82) is 0 Å². The molecular formula is C9H15BrN4O. The normalized spacial score (nSPS) is 11.5. The van der Waals surface area contributed by atoms with Crippen molar-refractivity contribution in [3.8, 4) is 0 Å². The van der Waals surface area contributed by atoms with Crippen molar-refractivity contribution in [1.82, 2.24) is 9.97 Å². The molecule has 0 aliphatic rings. The molecule has 3 N–H and O–H groups in total. The molecule has 15 heavy (non-hydrogen) atoms. The molecule has 0 aliphatic carbocycles. The van der Waals surface area contributed by atoms with Gasteiger partial charge in [-0.3, -0.25) is 0 Å². The minimum absolute atomic E-state index is 0.0132. The highest BCUT2D eigenvalue weighted by Crippen LogP contribution is 2.21. The molecule has 1 rings (SSSR count). The summed E-state index contributed by atoms with van der Waals surface area (Å²) in [5.41, 5.74) is 5.19. The highest BCUT2D eigenvalue weighted by atomic mass is 79.9. The Labute approximate surface area is 97.5 Å². The number of likely N-dealkylation sites (N-methyl/N-ethyl adjacent to an activating group) is 1. The lowest BCUT2D eigenvalue weighted by atomic mass is 10.1. The molecule has 6 heteroatoms. The van der Waals surface area contributed by atoms with E-state index in [9.17, 15) is 5.11 Å². The maximum atomic E-state index is 9.22. The van der Waals surface area contributed by atoms with Crippen molar-refractivity contribution in [2.24, 2.45) is 0 Å². The van der Waals surface area contributed by atoms with Crippen LogP contribution in [0, 0.1) is 0 Å². The molecule has 0 aromatic carbocycles. The Hall–Kier alpha value is -0.880. The van der Waals surface area contributed by atoms with E-state index in [4.69, 9.17) is 5.73 Å². The minimum Gasteiger partial charge on any atom is -0.394 e. The monoisotopic (exact) mass is 274 g/mol. The highest BCUT2D eigenvalue weighted by Gasteiger charge is 2.25. The highest BCUT2D eigenvalue weighted by molar-refractivity contribution is 9.10. The van der Waals surface area contributed by atoms with E-state index >= 15 is 0 Å². The second-order valence-corrected chi connectivity index (χ2v) is 4.76. The van der Waals surface area contributed by atoms with E-state index in [1.54, 1.807) is 11.0 Å². The van der Waals surface area contributed by atoms with E-state index in [1.165, 1.54) is 0 Å². The average molecular weight is 275 g/mol. The fraction of sp³-hybridized carbons (Fsp3) is 0.556. The van der Waals surface area contributed by atoms with Gasteiger partial charge in [0.25, 0.3) is 0 Å². The molecule has 0 unspecified atom stereocenters. The molecule has 0 amide bonds. The van der Waals surface area contributed by atoms with E-state index in [2.05, 4.69) is 25.9 Å². The van der Waals surface area contributed by atoms with Crippen LogP contribution in [-0.2, 0) is 0 Å². The summed E-state index contributed by atoms with van der Waals surface area (Å²) < 4.78 is 0.630. The Bertz CT molecular complexity index is 336. The van der Waals surface area contributed by atoms with Gasteiger partial charge in [0.2, 0.25) is 5.95 Å². The van der Waals surface area contributed by atoms with Gasteiger partial charge in [-0.1, -0.05) is 0 Å². The zero-order chi connectivity index (χ0) is 11.6. The predicted octanol–water partition coefficient (Wildman–Crippen LogP) is 1.03. The van der Waals surface area contributed by atoms with E-state index in [-0.39, 0.29) is 6.61 Å². The number of hydrogen-bond donors (Lipinski definition) is 2. The number of halogens is 1. The largest absolute Gasteiger partial charge is 0.394 e. The van der Waals surface area contributed by atoms with Gasteiger partial charge in [-0.25, -0.2) is 4.98 Å². The molecule has 0 saturated heterocycles. The molecular weight excluding hydrogens is 260 g/mol. The Kier molecular flexibility index (Phi) is 3.51. The summed E-state index contributed by atoms with van der Waals surface area (Å²) in [6, 6.07) is 1.63. The van der Waals surface area contributed by atoms with Crippen LogP contribution in [0.4, 0.5) is 11.8 Å². The number of rotatable bonds is 3. The van der Waals surface area contributed by atoms with Gasteiger partial charge in [-0.15, -0.1) is 0 Å². The van der Waals surface area contributed by atoms with Crippen molar-refractivity contribution in [3.63, 3.8) is 0 Å². The van der Waals surface area contributed by atoms with Crippen LogP contribution in [0.2, 0.25) is 0 Å². The summed E-state index contributed by atoms with van der Waals surface area (Å²) in [4.78, 5) is 10.1. The van der Waals surface area contributed by atoms with Crippen LogP contribution in [0.1, 0.15) is 13.8 Å². The van der Waals surface area contributed by atoms with Crippen LogP contribution >= 0.6 is 15.9 Å². The van der Waals surface area contributed by atoms with Crippen molar-refractivity contribution in [3.05, 3.63) is 10.7 Å². The number of aliphatic hydroxyl groups excluding tert-OH is 1. The first-order valence-electron chi connectivity index (χ1n) is 4.51. The van der Waals surface area contributed by atoms with Gasteiger partial charge in [-0.2, -0.15) is 4.98 Å². The van der Waals surface area contributed by atoms with Gasteiger partial charge in [-0.05, 0) is 29.8 Å². The number of nitrogens with zero attached hydrogens (tertiary/aromatic N) is 3. The lowest BCUT2D eigenvalue weighted by Gasteiger charge is -2.33. The number of aliphatic hydroxyl groups is 1. The maximum Gasteiger partial charge on any atom is 0.228 e. The second kappa shape index (κ2) is 4.32. The Morgan fingerprint density at radius 1 is 1.53 bits per heavy atom. The molecule has 0 spiro atoms. The number of aromatic nitrogens is 2. The van der Waals surface area contributed by atoms with Gasteiger partial charge >= 0.3 is 0 Å². The lowest BCUT2D eigenvalue weighted by Crippen LogP contribution is -2.45. The topological polar surface area (TPSA) is 75.3 Å². The minimum atomic E-state index is -0.423. The Morgan fingerprint density at radius 2 is 2.13 bits per heavy atom. The van der Waals surface area contributed by atoms with Crippen LogP contribution in [0.5, 0.6) is 0 Å². The Balaban J connectivity index is 3.06. The van der Waals surface area contributed by atoms with Gasteiger partial charge in [0.1, 0.15) is 10.4 Å². The van der Waals surface area contributed by atoms with Crippen LogP contribution in [0.3, 0.4) is 0 Å². The predicted molar refractivity (Wildman–Crippen MR) is 63.7 cm³/mol. The number of hydrogen-bond acceptors (Lipinski definition) is 5. The summed E-state index contributed by atoms with van der Waals surface area (Å²) in [5, 5.41) is 9.22. The summed E-state index contributed by atoms with van der Waals surface area (Å²) in [6.07, 6.45) is 0. The zero-order valence-corrected chi connectivity index (χ0v) is 10.6. The average Bonchev–Trinajstić information content (AvgIpc) is 2.15. The molecule has 84 valence electrons. The maximum absolute atomic E-state index is 9.22. The molecule has 0 fully saturated rings. The summed E-state index contributed by atoms with van der Waals surface area (Å²) >= 11 is 3.25. The van der Waals surface area contributed by atoms with Crippen molar-refractivity contribution in [2.75, 3.05) is 24.3 Å². The zero-order valence-electron chi connectivity index (χ0n) is 9.03. The van der Waals surface area contributed by atoms with Gasteiger partial charge in [0.15, 0.2) is 0 Å². The van der Waals surface area contributed by atoms with Crippen LogP contribution in [0.25, 0.3) is 0 Å². The first-order valence-corrected chi connectivity index (χ1v) is 5.31. The fourth-order valence-corrected chi connectivity index (χ4v) is 1.34. The van der Waals surface area contributed by atoms with E-state index in [0.29, 0.717) is 16.4 Å². The molecule has 5 nitrogen and oxygen atoms in total. The Morgan fingerprint density at radius 3 is 2.60 bits per heavy atom. The molecule has 0 saturated carbocycles. The number of anilines is 2. The van der Waals surface area contributed by atoms with E-state index in [0.717, 1.165) is 0 Å². The van der Waals surface area contributed by atoms with Crippen LogP contribution < -0.4 is 10.6 Å². The first-order chi connectivity index (χ1) is 6.86. The van der Waals surface area contributed by atoms with Crippen molar-refractivity contribution < 1.29 is 5.11 Å². The molecule has 0 radical (unpaired) electrons. The summed E-state index contributed by atoms with van der Waals surface area (Å²) in [5.74, 6) is 0.883. The lowest BCUT2D eigenvalue weighted by molar-refractivity contribution is 0.215. The quantitative estimate of drug-likeness (QED) is 0.806. The standard InChI is InChI=1S/C9H15BrN4O/c1-9(2,5-15)14(3)8-12-6(10)4-7(11)13-8/h4,15H,5H2,1-3H3,(H2,11,12,13). The first kappa shape index (κ1) is 12.2. The van der Waals surface area contributed by atoms with E-state index < -0.39 is 5.54 Å². The third-order valence-electron chi connectivity index (χ3n) is 2.30. The molecule has 1 heterocycles. The smallest absolute Gasteiger partial charge is 0.228 e. The van der Waals surface area contributed by atoms with Crippen molar-refractivity contribution >= 4 is 27.7 Å². The SMILES string of the molecule is CN(c1nc(N)cc(Br)n1)C(C)(C)CO. The van der Waals surface area contributed by atoms with Gasteiger partial charge in [0, 0.05) is 13.1 Å².